The van der Waals surface area contributed by atoms with E-state index in [2.05, 4.69) is 26.4 Å². The van der Waals surface area contributed by atoms with Crippen molar-refractivity contribution in [2.45, 2.75) is 31.9 Å². The first kappa shape index (κ1) is 32.0. The second kappa shape index (κ2) is 12.8. The van der Waals surface area contributed by atoms with Crippen molar-refractivity contribution in [3.63, 3.8) is 0 Å². The summed E-state index contributed by atoms with van der Waals surface area (Å²) in [7, 11) is 3.06. The molecule has 44 heavy (non-hydrogen) atoms. The molecule has 4 aromatic rings. The monoisotopic (exact) mass is 616 g/mol. The third kappa shape index (κ3) is 7.00. The van der Waals surface area contributed by atoms with E-state index in [0.717, 1.165) is 24.3 Å². The van der Waals surface area contributed by atoms with Crippen LogP contribution in [0.2, 0.25) is 0 Å². The number of benzene rings is 2. The quantitative estimate of drug-likeness (QED) is 0.0983. The van der Waals surface area contributed by atoms with Crippen LogP contribution in [0, 0.1) is 12.3 Å². The first-order chi connectivity index (χ1) is 20.8. The van der Waals surface area contributed by atoms with E-state index in [-0.39, 0.29) is 58.1 Å². The molecule has 0 saturated heterocycles. The number of anilines is 2. The lowest BCUT2D eigenvalue weighted by atomic mass is 9.96. The topological polar surface area (TPSA) is 96.2 Å². The van der Waals surface area contributed by atoms with Gasteiger partial charge in [0.2, 0.25) is 0 Å². The summed E-state index contributed by atoms with van der Waals surface area (Å²) in [6, 6.07) is 8.00. The van der Waals surface area contributed by atoms with Crippen molar-refractivity contribution in [3.05, 3.63) is 76.6 Å². The van der Waals surface area contributed by atoms with Crippen LogP contribution in [0.5, 0.6) is 0 Å². The third-order valence-electron chi connectivity index (χ3n) is 6.74. The average molecular weight is 617 g/mol. The first-order valence-corrected chi connectivity index (χ1v) is 13.0. The smallest absolute Gasteiger partial charge is 0.392 e. The standard InChI is InChI=1S/C30H26F6N6O2/c1-4-5-8-37-26-11-19(23-13-21(29(31,32)33)6-7-22(23)28-40-38-17-42(28)3)12-27(39-26)41(2)14-24-20(16-44)9-18(15-43)10-25(24)30(34,35)36/h1,6-7,9-13,16-17,43H,5,8,14-15H2,2-3H3,(H,37,39). The van der Waals surface area contributed by atoms with Gasteiger partial charge in [-0.25, -0.2) is 4.98 Å². The van der Waals surface area contributed by atoms with Gasteiger partial charge < -0.3 is 19.9 Å². The Bertz CT molecular complexity index is 1710. The molecule has 0 saturated carbocycles. The van der Waals surface area contributed by atoms with E-state index in [1.165, 1.54) is 41.0 Å². The normalized spacial score (nSPS) is 11.7. The van der Waals surface area contributed by atoms with Crippen molar-refractivity contribution in [1.29, 1.82) is 0 Å². The van der Waals surface area contributed by atoms with E-state index >= 15 is 0 Å². The number of terminal acetylenes is 1. The molecule has 0 atom stereocenters. The van der Waals surface area contributed by atoms with Gasteiger partial charge in [0, 0.05) is 44.7 Å². The maximum absolute atomic E-state index is 14.0. The van der Waals surface area contributed by atoms with Crippen molar-refractivity contribution in [2.75, 3.05) is 23.8 Å². The number of aryl methyl sites for hydroxylation is 1. The number of hydrogen-bond donors (Lipinski definition) is 2. The zero-order valence-electron chi connectivity index (χ0n) is 23.5. The fraction of sp³-hybridized carbons (Fsp3) is 0.267. The molecule has 2 N–H and O–H groups in total. The zero-order valence-corrected chi connectivity index (χ0v) is 23.5. The van der Waals surface area contributed by atoms with Crippen LogP contribution in [-0.4, -0.2) is 44.7 Å². The highest BCUT2D eigenvalue weighted by Crippen LogP contribution is 2.40. The number of nitrogens with zero attached hydrogens (tertiary/aromatic N) is 5. The number of aliphatic hydroxyl groups is 1. The van der Waals surface area contributed by atoms with Gasteiger partial charge in [0.05, 0.1) is 17.7 Å². The predicted molar refractivity (Wildman–Crippen MR) is 151 cm³/mol. The Morgan fingerprint density at radius 2 is 1.82 bits per heavy atom. The lowest BCUT2D eigenvalue weighted by Crippen LogP contribution is -2.23. The number of pyridine rings is 1. The minimum Gasteiger partial charge on any atom is -0.392 e. The Morgan fingerprint density at radius 3 is 2.41 bits per heavy atom. The summed E-state index contributed by atoms with van der Waals surface area (Å²) in [4.78, 5) is 17.6. The molecule has 0 aliphatic rings. The van der Waals surface area contributed by atoms with Crippen molar-refractivity contribution in [2.24, 2.45) is 7.05 Å². The highest BCUT2D eigenvalue weighted by Gasteiger charge is 2.35. The highest BCUT2D eigenvalue weighted by molar-refractivity contribution is 5.84. The van der Waals surface area contributed by atoms with Gasteiger partial charge in [-0.15, -0.1) is 22.5 Å². The summed E-state index contributed by atoms with van der Waals surface area (Å²) in [5, 5.41) is 20.3. The van der Waals surface area contributed by atoms with Gasteiger partial charge in [0.15, 0.2) is 5.82 Å². The van der Waals surface area contributed by atoms with Crippen LogP contribution in [0.4, 0.5) is 38.0 Å². The number of rotatable bonds is 10. The molecule has 2 heterocycles. The van der Waals surface area contributed by atoms with Crippen LogP contribution < -0.4 is 10.2 Å². The fourth-order valence-electron chi connectivity index (χ4n) is 4.60. The number of halogens is 6. The maximum atomic E-state index is 14.0. The van der Waals surface area contributed by atoms with Crippen LogP contribution in [0.3, 0.4) is 0 Å². The molecule has 0 radical (unpaired) electrons. The molecule has 230 valence electrons. The van der Waals surface area contributed by atoms with Gasteiger partial charge in [-0.1, -0.05) is 0 Å². The summed E-state index contributed by atoms with van der Waals surface area (Å²) < 4.78 is 85.1. The second-order valence-corrected chi connectivity index (χ2v) is 9.84. The molecule has 0 aliphatic carbocycles. The van der Waals surface area contributed by atoms with E-state index in [4.69, 9.17) is 6.42 Å². The number of nitrogens with one attached hydrogen (secondary N) is 1. The fourth-order valence-corrected chi connectivity index (χ4v) is 4.60. The molecule has 4 rings (SSSR count). The van der Waals surface area contributed by atoms with Gasteiger partial charge in [-0.05, 0) is 64.7 Å². The molecule has 0 spiro atoms. The number of carbonyl (C=O) groups excluding carboxylic acids is 1. The Hall–Kier alpha value is -4.90. The second-order valence-electron chi connectivity index (χ2n) is 9.84. The van der Waals surface area contributed by atoms with E-state index in [9.17, 15) is 36.2 Å². The van der Waals surface area contributed by atoms with E-state index in [0.29, 0.717) is 12.0 Å². The summed E-state index contributed by atoms with van der Waals surface area (Å²) in [5.74, 6) is 3.01. The molecule has 14 heteroatoms. The molecule has 8 nitrogen and oxygen atoms in total. The van der Waals surface area contributed by atoms with Crippen molar-refractivity contribution in [3.8, 4) is 34.9 Å². The lowest BCUT2D eigenvalue weighted by molar-refractivity contribution is -0.138. The van der Waals surface area contributed by atoms with Crippen molar-refractivity contribution in [1.82, 2.24) is 19.7 Å². The van der Waals surface area contributed by atoms with Crippen LogP contribution in [0.15, 0.2) is 48.8 Å². The van der Waals surface area contributed by atoms with E-state index in [1.54, 1.807) is 7.05 Å². The van der Waals surface area contributed by atoms with Gasteiger partial charge in [-0.3, -0.25) is 4.79 Å². The zero-order chi connectivity index (χ0) is 32.2. The molecule has 2 aromatic carbocycles. The maximum Gasteiger partial charge on any atom is 0.416 e. The lowest BCUT2D eigenvalue weighted by Gasteiger charge is -2.24. The summed E-state index contributed by atoms with van der Waals surface area (Å²) >= 11 is 0. The molecular weight excluding hydrogens is 590 g/mol. The van der Waals surface area contributed by atoms with Crippen LogP contribution in [0.25, 0.3) is 22.5 Å². The van der Waals surface area contributed by atoms with E-state index in [1.807, 2.05) is 0 Å². The Morgan fingerprint density at radius 1 is 1.07 bits per heavy atom. The SMILES string of the molecule is C#CCCNc1cc(-c2cc(C(F)(F)F)ccc2-c2nncn2C)cc(N(C)Cc2c(C=O)cc(CO)cc2C(F)(F)F)n1. The Balaban J connectivity index is 1.90. The Kier molecular flexibility index (Phi) is 9.29. The molecular formula is C30H26F6N6O2. The molecule has 2 aromatic heterocycles. The van der Waals surface area contributed by atoms with Gasteiger partial charge in [0.25, 0.3) is 0 Å². The average Bonchev–Trinajstić information content (AvgIpc) is 3.41. The molecule has 0 bridgehead atoms. The van der Waals surface area contributed by atoms with Crippen molar-refractivity contribution >= 4 is 17.9 Å². The van der Waals surface area contributed by atoms with Gasteiger partial charge in [-0.2, -0.15) is 26.3 Å². The van der Waals surface area contributed by atoms with Gasteiger partial charge >= 0.3 is 12.4 Å². The minimum atomic E-state index is -4.85. The van der Waals surface area contributed by atoms with Crippen LogP contribution in [-0.2, 0) is 32.6 Å². The molecule has 0 amide bonds. The van der Waals surface area contributed by atoms with Crippen molar-refractivity contribution < 1.29 is 36.2 Å². The Labute approximate surface area is 248 Å². The molecule has 0 unspecified atom stereocenters. The predicted octanol–water partition coefficient (Wildman–Crippen LogP) is 5.96. The highest BCUT2D eigenvalue weighted by atomic mass is 19.4. The minimum absolute atomic E-state index is 0.0863. The first-order valence-electron chi connectivity index (χ1n) is 13.0. The number of carbonyl (C=O) groups is 1. The number of hydrogen-bond acceptors (Lipinski definition) is 7. The number of aliphatic hydroxyl groups excluding tert-OH is 1. The number of aromatic nitrogens is 4. The third-order valence-corrected chi connectivity index (χ3v) is 6.74. The largest absolute Gasteiger partial charge is 0.416 e. The van der Waals surface area contributed by atoms with Crippen LogP contribution >= 0.6 is 0 Å². The summed E-state index contributed by atoms with van der Waals surface area (Å²) in [6.45, 7) is -0.903. The number of alkyl halides is 6. The summed E-state index contributed by atoms with van der Waals surface area (Å²) in [6.07, 6.45) is -2.23. The molecule has 0 fully saturated rings. The van der Waals surface area contributed by atoms with Crippen LogP contribution in [0.1, 0.15) is 39.0 Å². The molecule has 0 aliphatic heterocycles. The number of aldehydes is 1. The van der Waals surface area contributed by atoms with Gasteiger partial charge in [0.1, 0.15) is 24.2 Å². The summed E-state index contributed by atoms with van der Waals surface area (Å²) in [5.41, 5.74) is -2.09. The van der Waals surface area contributed by atoms with E-state index < -0.39 is 36.6 Å².